The van der Waals surface area contributed by atoms with Crippen molar-refractivity contribution in [2.75, 3.05) is 13.1 Å². The third-order valence-electron chi connectivity index (χ3n) is 5.84. The Morgan fingerprint density at radius 2 is 1.73 bits per heavy atom. The van der Waals surface area contributed by atoms with E-state index in [4.69, 9.17) is 17.3 Å². The number of aromatic nitrogens is 3. The van der Waals surface area contributed by atoms with Crippen LogP contribution in [0.4, 0.5) is 0 Å². The van der Waals surface area contributed by atoms with Crippen LogP contribution < -0.4 is 0 Å². The van der Waals surface area contributed by atoms with Gasteiger partial charge in [-0.05, 0) is 49.5 Å². The first-order valence-corrected chi connectivity index (χ1v) is 11.1. The van der Waals surface area contributed by atoms with Crippen LogP contribution in [0.3, 0.4) is 0 Å². The van der Waals surface area contributed by atoms with Gasteiger partial charge in [0.15, 0.2) is 5.82 Å². The number of aliphatic hydroxyl groups is 1. The second kappa shape index (κ2) is 8.84. The van der Waals surface area contributed by atoms with Gasteiger partial charge in [-0.15, -0.1) is 5.10 Å². The lowest BCUT2D eigenvalue weighted by atomic mass is 10.0. The lowest BCUT2D eigenvalue weighted by Gasteiger charge is -2.28. The number of likely N-dealkylation sites (tertiary alicyclic amines) is 1. The summed E-state index contributed by atoms with van der Waals surface area (Å²) in [5.41, 5.74) is 4.62. The summed E-state index contributed by atoms with van der Waals surface area (Å²) in [5.74, 6) is 1.24. The van der Waals surface area contributed by atoms with E-state index in [-0.39, 0.29) is 6.10 Å². The van der Waals surface area contributed by atoms with Crippen LogP contribution in [-0.2, 0) is 6.67 Å². The summed E-state index contributed by atoms with van der Waals surface area (Å²) >= 11 is 5.95. The van der Waals surface area contributed by atoms with Crippen molar-refractivity contribution < 1.29 is 5.11 Å². The molecule has 1 saturated heterocycles. The van der Waals surface area contributed by atoms with Crippen LogP contribution in [0.1, 0.15) is 43.7 Å². The first-order valence-electron chi connectivity index (χ1n) is 10.7. The molecule has 1 aliphatic heterocycles. The van der Waals surface area contributed by atoms with E-state index in [1.54, 1.807) is 0 Å². The van der Waals surface area contributed by atoms with E-state index < -0.39 is 0 Å². The third-order valence-corrected chi connectivity index (χ3v) is 6.23. The number of rotatable bonds is 5. The predicted molar refractivity (Wildman–Crippen MR) is 123 cm³/mol. The highest BCUT2D eigenvalue weighted by Gasteiger charge is 2.21. The highest BCUT2D eigenvalue weighted by molar-refractivity contribution is 7.71. The highest BCUT2D eigenvalue weighted by atomic mass is 32.1. The van der Waals surface area contributed by atoms with E-state index in [0.29, 0.717) is 17.4 Å². The van der Waals surface area contributed by atoms with Crippen LogP contribution in [0.2, 0.25) is 0 Å². The van der Waals surface area contributed by atoms with Crippen LogP contribution in [0, 0.1) is 11.7 Å². The van der Waals surface area contributed by atoms with Crippen molar-refractivity contribution in [3.05, 3.63) is 64.4 Å². The standard InChI is InChI=1S/C24H30N4OS/c1-17(2)21-6-4-5-7-22(21)28-23(19-10-8-18(3)9-11-19)25-27(24(28)30)16-26-14-12-20(29)13-15-26/h4-11,17,20,29H,12-16H2,1-3H3. The molecule has 4 rings (SSSR count). The first-order chi connectivity index (χ1) is 14.4. The van der Waals surface area contributed by atoms with E-state index in [2.05, 4.69) is 78.8 Å². The zero-order valence-electron chi connectivity index (χ0n) is 18.0. The maximum absolute atomic E-state index is 9.82. The van der Waals surface area contributed by atoms with Crippen molar-refractivity contribution in [3.63, 3.8) is 0 Å². The molecule has 0 unspecified atom stereocenters. The molecule has 0 amide bonds. The molecule has 3 aromatic rings. The Kier molecular flexibility index (Phi) is 6.18. The number of nitrogens with zero attached hydrogens (tertiary/aromatic N) is 4. The quantitative estimate of drug-likeness (QED) is 0.593. The van der Waals surface area contributed by atoms with E-state index in [9.17, 15) is 5.11 Å². The fourth-order valence-electron chi connectivity index (χ4n) is 4.04. The number of aliphatic hydroxyl groups excluding tert-OH is 1. The Bertz CT molecular complexity index is 1060. The van der Waals surface area contributed by atoms with Crippen molar-refractivity contribution in [3.8, 4) is 17.1 Å². The Hall–Kier alpha value is -2.28. The molecule has 5 nitrogen and oxygen atoms in total. The fourth-order valence-corrected chi connectivity index (χ4v) is 4.32. The first kappa shape index (κ1) is 21.0. The maximum Gasteiger partial charge on any atom is 0.204 e. The number of hydrogen-bond acceptors (Lipinski definition) is 4. The molecule has 0 bridgehead atoms. The molecule has 0 aliphatic carbocycles. The maximum atomic E-state index is 9.82. The zero-order chi connectivity index (χ0) is 21.3. The van der Waals surface area contributed by atoms with Gasteiger partial charge < -0.3 is 5.11 Å². The van der Waals surface area contributed by atoms with Gasteiger partial charge in [0.2, 0.25) is 4.77 Å². The molecule has 0 atom stereocenters. The van der Waals surface area contributed by atoms with Crippen LogP contribution in [0.15, 0.2) is 48.5 Å². The molecular formula is C24H30N4OS. The van der Waals surface area contributed by atoms with Gasteiger partial charge in [0, 0.05) is 18.7 Å². The van der Waals surface area contributed by atoms with Crippen molar-refractivity contribution >= 4 is 12.2 Å². The monoisotopic (exact) mass is 422 g/mol. The van der Waals surface area contributed by atoms with E-state index in [1.807, 2.05) is 4.68 Å². The molecule has 2 aromatic carbocycles. The van der Waals surface area contributed by atoms with E-state index in [0.717, 1.165) is 43.0 Å². The number of para-hydroxylation sites is 1. The fraction of sp³-hybridized carbons (Fsp3) is 0.417. The minimum absolute atomic E-state index is 0.187. The highest BCUT2D eigenvalue weighted by Crippen LogP contribution is 2.29. The summed E-state index contributed by atoms with van der Waals surface area (Å²) in [7, 11) is 0. The van der Waals surface area contributed by atoms with Gasteiger partial charge in [0.1, 0.15) is 0 Å². The molecule has 1 N–H and O–H groups in total. The van der Waals surface area contributed by atoms with Gasteiger partial charge in [-0.1, -0.05) is 61.9 Å². The van der Waals surface area contributed by atoms with Gasteiger partial charge >= 0.3 is 0 Å². The SMILES string of the molecule is Cc1ccc(-c2nn(CN3CCC(O)CC3)c(=S)n2-c2ccccc2C(C)C)cc1. The lowest BCUT2D eigenvalue weighted by Crippen LogP contribution is -2.37. The molecule has 1 aliphatic rings. The van der Waals surface area contributed by atoms with Gasteiger partial charge in [-0.2, -0.15) is 0 Å². The molecule has 2 heterocycles. The molecule has 158 valence electrons. The van der Waals surface area contributed by atoms with Crippen LogP contribution in [0.25, 0.3) is 17.1 Å². The van der Waals surface area contributed by atoms with Gasteiger partial charge in [0.25, 0.3) is 0 Å². The summed E-state index contributed by atoms with van der Waals surface area (Å²) in [6.07, 6.45) is 1.41. The largest absolute Gasteiger partial charge is 0.393 e. The van der Waals surface area contributed by atoms with E-state index in [1.165, 1.54) is 11.1 Å². The average Bonchev–Trinajstić information content (AvgIpc) is 3.06. The number of hydrogen-bond donors (Lipinski definition) is 1. The lowest BCUT2D eigenvalue weighted by molar-refractivity contribution is 0.0651. The summed E-state index contributed by atoms with van der Waals surface area (Å²) < 4.78 is 4.75. The van der Waals surface area contributed by atoms with Crippen LogP contribution >= 0.6 is 12.2 Å². The Morgan fingerprint density at radius 1 is 1.07 bits per heavy atom. The summed E-state index contributed by atoms with van der Waals surface area (Å²) in [5, 5.41) is 14.8. The second-order valence-electron chi connectivity index (χ2n) is 8.51. The van der Waals surface area contributed by atoms with Crippen LogP contribution in [-0.4, -0.2) is 43.5 Å². The van der Waals surface area contributed by atoms with Crippen molar-refractivity contribution in [1.82, 2.24) is 19.2 Å². The normalized spacial score (nSPS) is 15.8. The summed E-state index contributed by atoms with van der Waals surface area (Å²) in [4.78, 5) is 2.31. The van der Waals surface area contributed by atoms with Crippen molar-refractivity contribution in [2.45, 2.75) is 52.3 Å². The van der Waals surface area contributed by atoms with Gasteiger partial charge in [-0.3, -0.25) is 9.47 Å². The zero-order valence-corrected chi connectivity index (χ0v) is 18.8. The Labute approximate surface area is 183 Å². The smallest absolute Gasteiger partial charge is 0.204 e. The molecule has 1 aromatic heterocycles. The molecule has 0 spiro atoms. The molecule has 0 saturated carbocycles. The van der Waals surface area contributed by atoms with Gasteiger partial charge in [-0.25, -0.2) is 4.68 Å². The summed E-state index contributed by atoms with van der Waals surface area (Å²) in [6.45, 7) is 8.86. The van der Waals surface area contributed by atoms with Crippen molar-refractivity contribution in [2.24, 2.45) is 0 Å². The molecule has 30 heavy (non-hydrogen) atoms. The molecule has 6 heteroatoms. The molecule has 1 fully saturated rings. The molecular weight excluding hydrogens is 392 g/mol. The van der Waals surface area contributed by atoms with E-state index >= 15 is 0 Å². The minimum atomic E-state index is -0.187. The predicted octanol–water partition coefficient (Wildman–Crippen LogP) is 4.92. The summed E-state index contributed by atoms with van der Waals surface area (Å²) in [6, 6.07) is 16.9. The third kappa shape index (κ3) is 4.26. The number of benzene rings is 2. The number of aryl methyl sites for hydroxylation is 1. The second-order valence-corrected chi connectivity index (χ2v) is 8.88. The van der Waals surface area contributed by atoms with Crippen molar-refractivity contribution in [1.29, 1.82) is 0 Å². The molecule has 0 radical (unpaired) electrons. The average molecular weight is 423 g/mol. The number of piperidine rings is 1. The van der Waals surface area contributed by atoms with Crippen LogP contribution in [0.5, 0.6) is 0 Å². The Balaban J connectivity index is 1.82. The van der Waals surface area contributed by atoms with Gasteiger partial charge in [0.05, 0.1) is 18.5 Å². The minimum Gasteiger partial charge on any atom is -0.393 e. The Morgan fingerprint density at radius 3 is 2.40 bits per heavy atom. The topological polar surface area (TPSA) is 46.2 Å².